The molecule has 1 aromatic rings. The first-order valence-corrected chi connectivity index (χ1v) is 12.0. The Kier molecular flexibility index (Phi) is 4.75. The van der Waals surface area contributed by atoms with Crippen LogP contribution in [0.1, 0.15) is 64.2 Å². The zero-order chi connectivity index (χ0) is 16.6. The number of benzene rings is 1. The number of fused-ring (bicyclic) bond motifs is 1. The van der Waals surface area contributed by atoms with Crippen LogP contribution in [0.3, 0.4) is 0 Å². The largest absolute Gasteiger partial charge is 0.501 e. The van der Waals surface area contributed by atoms with E-state index in [4.69, 9.17) is 8.37 Å². The Balaban J connectivity index is 1.72. The van der Waals surface area contributed by atoms with Gasteiger partial charge in [0.25, 0.3) is 0 Å². The normalized spacial score (nSPS) is 24.4. The molecule has 0 bridgehead atoms. The highest BCUT2D eigenvalue weighted by molar-refractivity contribution is 7.83. The van der Waals surface area contributed by atoms with Crippen molar-refractivity contribution in [2.24, 2.45) is 0 Å². The lowest BCUT2D eigenvalue weighted by molar-refractivity contribution is 0.437. The van der Waals surface area contributed by atoms with Crippen molar-refractivity contribution in [3.63, 3.8) is 0 Å². The molecule has 1 aliphatic heterocycles. The van der Waals surface area contributed by atoms with Gasteiger partial charge in [-0.2, -0.15) is 0 Å². The van der Waals surface area contributed by atoms with Crippen LogP contribution in [-0.4, -0.2) is 19.7 Å². The highest BCUT2D eigenvalue weighted by Gasteiger charge is 2.38. The first kappa shape index (κ1) is 16.7. The number of rotatable bonds is 3. The summed E-state index contributed by atoms with van der Waals surface area (Å²) in [5.74, 6) is 0.867. The van der Waals surface area contributed by atoms with Crippen LogP contribution in [0.5, 0.6) is 11.5 Å². The summed E-state index contributed by atoms with van der Waals surface area (Å²) in [6.07, 6.45) is 13.0. The Labute approximate surface area is 146 Å². The minimum Gasteiger partial charge on any atom is -0.349 e. The lowest BCUT2D eigenvalue weighted by atomic mass is 9.99. The highest BCUT2D eigenvalue weighted by Crippen LogP contribution is 2.57. The molecule has 4 nitrogen and oxygen atoms in total. The molecule has 0 atom stereocenters. The molecule has 1 aromatic carbocycles. The van der Waals surface area contributed by atoms with Gasteiger partial charge in [0.1, 0.15) is 0 Å². The van der Waals surface area contributed by atoms with Crippen molar-refractivity contribution in [3.8, 4) is 11.5 Å². The predicted molar refractivity (Wildman–Crippen MR) is 96.9 cm³/mol. The molecule has 0 spiro atoms. The third kappa shape index (κ3) is 3.30. The average Bonchev–Trinajstić information content (AvgIpc) is 2.92. The van der Waals surface area contributed by atoms with E-state index in [-0.39, 0.29) is 0 Å². The van der Waals surface area contributed by atoms with Crippen molar-refractivity contribution in [1.29, 1.82) is 0 Å². The summed E-state index contributed by atoms with van der Waals surface area (Å²) in [6, 6.07) is 5.73. The molecule has 132 valence electrons. The molecule has 24 heavy (non-hydrogen) atoms. The fraction of sp³-hybridized carbons (Fsp3) is 0.667. The van der Waals surface area contributed by atoms with Crippen molar-refractivity contribution in [3.05, 3.63) is 18.2 Å². The van der Waals surface area contributed by atoms with Gasteiger partial charge >= 0.3 is 10.4 Å². The smallest absolute Gasteiger partial charge is 0.349 e. The molecule has 0 unspecified atom stereocenters. The van der Waals surface area contributed by atoms with E-state index < -0.39 is 18.3 Å². The van der Waals surface area contributed by atoms with Gasteiger partial charge in [0.15, 0.2) is 11.5 Å². The molecule has 4 rings (SSSR count). The summed E-state index contributed by atoms with van der Waals surface area (Å²) in [5.41, 5.74) is 1.41. The molecule has 1 heterocycles. The molecular weight excluding hydrogens is 343 g/mol. The minimum absolute atomic E-state index is 0.381. The third-order valence-corrected chi connectivity index (χ3v) is 9.82. The summed E-state index contributed by atoms with van der Waals surface area (Å²) in [5, 5.41) is 1.13. The van der Waals surface area contributed by atoms with E-state index in [9.17, 15) is 8.42 Å². The van der Waals surface area contributed by atoms with Gasteiger partial charge in [-0.25, -0.2) is 0 Å². The third-order valence-electron chi connectivity index (χ3n) is 5.55. The van der Waals surface area contributed by atoms with Crippen molar-refractivity contribution in [1.82, 2.24) is 0 Å². The summed E-state index contributed by atoms with van der Waals surface area (Å²) < 4.78 is 33.8. The van der Waals surface area contributed by atoms with E-state index >= 15 is 0 Å². The zero-order valence-corrected chi connectivity index (χ0v) is 15.7. The summed E-state index contributed by atoms with van der Waals surface area (Å²) in [4.78, 5) is 0. The fourth-order valence-corrected chi connectivity index (χ4v) is 9.19. The summed E-state index contributed by atoms with van der Waals surface area (Å²) >= 11 is 0. The Hall–Kier alpha value is -0.800. The zero-order valence-electron chi connectivity index (χ0n) is 13.9. The molecule has 2 saturated carbocycles. The van der Waals surface area contributed by atoms with Crippen molar-refractivity contribution >= 4 is 23.6 Å². The van der Waals surface area contributed by atoms with Crippen molar-refractivity contribution < 1.29 is 16.8 Å². The fourth-order valence-electron chi connectivity index (χ4n) is 4.50. The van der Waals surface area contributed by atoms with Gasteiger partial charge < -0.3 is 8.37 Å². The average molecular weight is 368 g/mol. The Morgan fingerprint density at radius 1 is 0.833 bits per heavy atom. The second kappa shape index (κ2) is 6.84. The molecule has 0 saturated heterocycles. The molecule has 3 aliphatic rings. The van der Waals surface area contributed by atoms with Crippen LogP contribution in [0.25, 0.3) is 0 Å². The second-order valence-electron chi connectivity index (χ2n) is 7.17. The Morgan fingerprint density at radius 3 is 2.00 bits per heavy atom. The lowest BCUT2D eigenvalue weighted by Gasteiger charge is -2.38. The van der Waals surface area contributed by atoms with Gasteiger partial charge in [0, 0.05) is 5.30 Å². The highest BCUT2D eigenvalue weighted by atomic mass is 32.3. The lowest BCUT2D eigenvalue weighted by Crippen LogP contribution is -2.26. The van der Waals surface area contributed by atoms with Crippen LogP contribution in [0.15, 0.2) is 18.2 Å². The van der Waals surface area contributed by atoms with Crippen LogP contribution in [0.4, 0.5) is 0 Å². The molecular formula is C18H25O4PS. The van der Waals surface area contributed by atoms with Gasteiger partial charge in [-0.15, -0.1) is 8.42 Å². The predicted octanol–water partition coefficient (Wildman–Crippen LogP) is 4.48. The first-order valence-electron chi connectivity index (χ1n) is 9.19. The molecule has 2 fully saturated rings. The number of hydrogen-bond acceptors (Lipinski definition) is 4. The molecule has 0 aromatic heterocycles. The van der Waals surface area contributed by atoms with E-state index in [1.54, 1.807) is 6.07 Å². The van der Waals surface area contributed by atoms with E-state index in [2.05, 4.69) is 6.07 Å². The maximum Gasteiger partial charge on any atom is 0.501 e. The van der Waals surface area contributed by atoms with Crippen LogP contribution in [-0.2, 0) is 10.4 Å². The van der Waals surface area contributed by atoms with Crippen LogP contribution < -0.4 is 13.7 Å². The van der Waals surface area contributed by atoms with Gasteiger partial charge in [-0.1, -0.05) is 58.6 Å². The van der Waals surface area contributed by atoms with Gasteiger partial charge in [-0.05, 0) is 43.1 Å². The molecule has 6 heteroatoms. The Morgan fingerprint density at radius 2 is 1.42 bits per heavy atom. The SMILES string of the molecule is O=S1(=O)Oc2cccc(P(C3CCCCC3)C3CCCCC3)c2O1. The van der Waals surface area contributed by atoms with Gasteiger partial charge in [0.05, 0.1) is 0 Å². The topological polar surface area (TPSA) is 52.6 Å². The van der Waals surface area contributed by atoms with Crippen LogP contribution >= 0.6 is 7.92 Å². The minimum atomic E-state index is -3.91. The number of hydrogen-bond donors (Lipinski definition) is 0. The van der Waals surface area contributed by atoms with E-state index in [0.29, 0.717) is 22.8 Å². The van der Waals surface area contributed by atoms with Crippen molar-refractivity contribution in [2.45, 2.75) is 75.5 Å². The monoisotopic (exact) mass is 368 g/mol. The Bertz CT molecular complexity index is 673. The van der Waals surface area contributed by atoms with Gasteiger partial charge in [-0.3, -0.25) is 0 Å². The maximum atomic E-state index is 11.8. The van der Waals surface area contributed by atoms with Gasteiger partial charge in [0.2, 0.25) is 0 Å². The second-order valence-corrected chi connectivity index (χ2v) is 11.1. The van der Waals surface area contributed by atoms with Crippen molar-refractivity contribution in [2.75, 3.05) is 0 Å². The molecule has 2 aliphatic carbocycles. The van der Waals surface area contributed by atoms with E-state index in [0.717, 1.165) is 5.30 Å². The first-order chi connectivity index (χ1) is 11.6. The van der Waals surface area contributed by atoms with Crippen LogP contribution in [0.2, 0.25) is 0 Å². The molecule has 0 radical (unpaired) electrons. The summed E-state index contributed by atoms with van der Waals surface area (Å²) in [7, 11) is -4.32. The van der Waals surface area contributed by atoms with E-state index in [1.165, 1.54) is 64.2 Å². The standard InChI is InChI=1S/C18H25O4PS/c19-24(20)21-16-12-7-13-17(18(16)22-24)23(14-8-3-1-4-9-14)15-10-5-2-6-11-15/h7,12-15H,1-6,8-11H2. The number of para-hydroxylation sites is 1. The molecule has 0 amide bonds. The quantitative estimate of drug-likeness (QED) is 0.739. The molecule has 0 N–H and O–H groups in total. The van der Waals surface area contributed by atoms with Crippen LogP contribution in [0, 0.1) is 0 Å². The summed E-state index contributed by atoms with van der Waals surface area (Å²) in [6.45, 7) is 0. The maximum absolute atomic E-state index is 11.8. The van der Waals surface area contributed by atoms with E-state index in [1.807, 2.05) is 6.07 Å².